The zero-order valence-electron chi connectivity index (χ0n) is 39.9. The highest BCUT2D eigenvalue weighted by atomic mass is 16.7. The second kappa shape index (κ2) is 20.6. The van der Waals surface area contributed by atoms with Crippen molar-refractivity contribution in [2.75, 3.05) is 19.5 Å². The van der Waals surface area contributed by atoms with Gasteiger partial charge in [-0.2, -0.15) is 0 Å². The molecule has 3 aromatic carbocycles. The third-order valence-electron chi connectivity index (χ3n) is 12.8. The van der Waals surface area contributed by atoms with Crippen molar-refractivity contribution in [1.29, 1.82) is 0 Å². The van der Waals surface area contributed by atoms with Gasteiger partial charge in [-0.05, 0) is 63.2 Å². The molecule has 4 aliphatic rings. The number of benzene rings is 3. The van der Waals surface area contributed by atoms with Crippen LogP contribution in [-0.4, -0.2) is 89.8 Å². The summed E-state index contributed by atoms with van der Waals surface area (Å²) in [6, 6.07) is 12.8. The number of anilines is 1. The highest BCUT2D eigenvalue weighted by Crippen LogP contribution is 2.49. The lowest BCUT2D eigenvalue weighted by molar-refractivity contribution is -0.160. The van der Waals surface area contributed by atoms with Crippen molar-refractivity contribution >= 4 is 40.9 Å². The first-order valence-electron chi connectivity index (χ1n) is 22.2. The number of nitrogens with one attached hydrogen (secondary N) is 2. The predicted molar refractivity (Wildman–Crippen MR) is 249 cm³/mol. The van der Waals surface area contributed by atoms with Crippen LogP contribution in [0, 0.1) is 37.5 Å². The number of hydrogen-bond acceptors (Lipinski definition) is 15. The van der Waals surface area contributed by atoms with Crippen LogP contribution >= 0.6 is 0 Å². The van der Waals surface area contributed by atoms with Crippen molar-refractivity contribution in [1.82, 2.24) is 5.32 Å². The largest absolute Gasteiger partial charge is 0.497 e. The lowest BCUT2D eigenvalue weighted by atomic mass is 9.78. The first kappa shape index (κ1) is 50.5. The van der Waals surface area contributed by atoms with E-state index in [0.717, 1.165) is 11.8 Å². The summed E-state index contributed by atoms with van der Waals surface area (Å²) < 4.78 is 35.2. The molecule has 0 saturated carbocycles. The molecule has 16 heteroatoms. The fourth-order valence-electron chi connectivity index (χ4n) is 8.58. The summed E-state index contributed by atoms with van der Waals surface area (Å²) in [6.45, 7) is 14.2. The van der Waals surface area contributed by atoms with Crippen molar-refractivity contribution < 1.29 is 67.4 Å². The number of methoxy groups -OCH3 is 2. The van der Waals surface area contributed by atoms with Gasteiger partial charge in [0.25, 0.3) is 11.7 Å². The molecule has 5 bridgehead atoms. The Bertz CT molecular complexity index is 2630. The van der Waals surface area contributed by atoms with Crippen LogP contribution < -0.4 is 24.8 Å². The number of ketones is 3. The number of amides is 1. The minimum Gasteiger partial charge on any atom is -0.497 e. The van der Waals surface area contributed by atoms with E-state index in [-0.39, 0.29) is 28.0 Å². The van der Waals surface area contributed by atoms with E-state index < -0.39 is 117 Å². The first-order chi connectivity index (χ1) is 32.1. The number of fused-ring (bicyclic) bond motifs is 14. The molecule has 360 valence electrons. The van der Waals surface area contributed by atoms with Crippen LogP contribution in [0.2, 0.25) is 0 Å². The molecule has 0 radical (unpaired) electrons. The van der Waals surface area contributed by atoms with E-state index in [0.29, 0.717) is 11.4 Å². The Morgan fingerprint density at radius 1 is 0.809 bits per heavy atom. The summed E-state index contributed by atoms with van der Waals surface area (Å²) in [5.74, 6) is -10.1. The van der Waals surface area contributed by atoms with Crippen LogP contribution in [0.4, 0.5) is 5.69 Å². The molecule has 0 spiro atoms. The molecule has 1 amide bonds. The van der Waals surface area contributed by atoms with Crippen LogP contribution in [0.25, 0.3) is 0 Å². The average molecular weight is 935 g/mol. The van der Waals surface area contributed by atoms with E-state index in [2.05, 4.69) is 10.6 Å². The zero-order chi connectivity index (χ0) is 49.9. The maximum Gasteiger partial charge on any atom is 0.343 e. The smallest absolute Gasteiger partial charge is 0.343 e. The van der Waals surface area contributed by atoms with Gasteiger partial charge in [-0.3, -0.25) is 24.0 Å². The lowest BCUT2D eigenvalue weighted by Gasteiger charge is -2.38. The summed E-state index contributed by atoms with van der Waals surface area (Å²) in [7, 11) is 2.87. The number of aliphatic hydroxyl groups excluding tert-OH is 2. The van der Waals surface area contributed by atoms with E-state index in [1.54, 1.807) is 64.1 Å². The number of aryl methyl sites for hydroxylation is 1. The van der Waals surface area contributed by atoms with Gasteiger partial charge in [-0.1, -0.05) is 63.6 Å². The van der Waals surface area contributed by atoms with Gasteiger partial charge in [0.15, 0.2) is 0 Å². The summed E-state index contributed by atoms with van der Waals surface area (Å²) in [6.07, 6.45) is 3.17. The Balaban J connectivity index is 1.57. The summed E-state index contributed by atoms with van der Waals surface area (Å²) in [5, 5.41) is 28.7. The molecule has 16 nitrogen and oxygen atoms in total. The fraction of sp³-hybridized carbons (Fsp3) is 0.385. The van der Waals surface area contributed by atoms with Crippen molar-refractivity contribution in [2.24, 2.45) is 23.7 Å². The first-order valence-corrected chi connectivity index (χ1v) is 22.2. The van der Waals surface area contributed by atoms with E-state index in [1.165, 1.54) is 78.3 Å². The summed E-state index contributed by atoms with van der Waals surface area (Å²) in [4.78, 5) is 85.7. The van der Waals surface area contributed by atoms with E-state index in [4.69, 9.17) is 28.4 Å². The third-order valence-corrected chi connectivity index (χ3v) is 12.8. The SMILES string of the molecule is COc1ccc(C(=O)Oc2c(C)c3c4c5c2C(=O)C(=C(Nc2ccc(C)cc2)C5=O)NC(=O)/C(C)=C\C=C/[C@H](C)[C@H](O)[C@@H](C)[C@H](O)[C@H](C)[C@H](OC(C)=O)[C@H](C)[C@@H](OC)/C=C\O[C@@](C)(O3)C4=O)cc1. The molecule has 4 N–H and O–H groups in total. The molecule has 3 aliphatic heterocycles. The van der Waals surface area contributed by atoms with Crippen LogP contribution in [0.3, 0.4) is 0 Å². The molecule has 3 aromatic rings. The van der Waals surface area contributed by atoms with Crippen LogP contribution in [0.5, 0.6) is 17.2 Å². The van der Waals surface area contributed by atoms with Gasteiger partial charge in [-0.25, -0.2) is 4.79 Å². The zero-order valence-corrected chi connectivity index (χ0v) is 39.9. The number of aliphatic hydroxyl groups is 2. The predicted octanol–water partition coefficient (Wildman–Crippen LogP) is 6.90. The topological polar surface area (TPSA) is 222 Å². The number of esters is 2. The normalized spacial score (nSPS) is 28.3. The monoisotopic (exact) mass is 934 g/mol. The Hall–Kier alpha value is -6.88. The lowest BCUT2D eigenvalue weighted by Crippen LogP contribution is -2.46. The Morgan fingerprint density at radius 3 is 2.09 bits per heavy atom. The second-order valence-corrected chi connectivity index (χ2v) is 17.6. The number of Topliss-reactive ketones (excluding diaryl/α,β-unsaturated/α-hetero) is 3. The minimum atomic E-state index is -2.19. The quantitative estimate of drug-likeness (QED) is 0.140. The van der Waals surface area contributed by atoms with Gasteiger partial charge in [0.05, 0.1) is 53.9 Å². The van der Waals surface area contributed by atoms with Crippen molar-refractivity contribution in [3.8, 4) is 17.2 Å². The van der Waals surface area contributed by atoms with Gasteiger partial charge in [-0.15, -0.1) is 0 Å². The van der Waals surface area contributed by atoms with Gasteiger partial charge in [0.1, 0.15) is 34.7 Å². The molecule has 0 aromatic heterocycles. The highest BCUT2D eigenvalue weighted by Gasteiger charge is 2.53. The highest BCUT2D eigenvalue weighted by molar-refractivity contribution is 6.33. The fourth-order valence-corrected chi connectivity index (χ4v) is 8.58. The molecule has 7 rings (SSSR count). The Kier molecular flexibility index (Phi) is 15.3. The van der Waals surface area contributed by atoms with Crippen LogP contribution in [0.1, 0.15) is 101 Å². The molecular formula is C52H58N2O14. The number of allylic oxidation sites excluding steroid dienone is 4. The summed E-state index contributed by atoms with van der Waals surface area (Å²) >= 11 is 0. The maximum absolute atomic E-state index is 15.2. The van der Waals surface area contributed by atoms with Gasteiger partial charge >= 0.3 is 17.7 Å². The Labute approximate surface area is 395 Å². The van der Waals surface area contributed by atoms with Crippen molar-refractivity contribution in [3.63, 3.8) is 0 Å². The molecule has 68 heavy (non-hydrogen) atoms. The van der Waals surface area contributed by atoms with Gasteiger partial charge in [0, 0.05) is 61.5 Å². The van der Waals surface area contributed by atoms with Crippen LogP contribution in [0.15, 0.2) is 96.1 Å². The number of ether oxygens (including phenoxy) is 6. The van der Waals surface area contributed by atoms with Crippen LogP contribution in [-0.2, 0) is 23.8 Å². The van der Waals surface area contributed by atoms with E-state index in [9.17, 15) is 29.4 Å². The molecule has 1 aliphatic carbocycles. The second-order valence-electron chi connectivity index (χ2n) is 17.6. The van der Waals surface area contributed by atoms with Gasteiger partial charge < -0.3 is 49.3 Å². The molecule has 0 saturated heterocycles. The molecule has 3 heterocycles. The standard InChI is InChI=1S/C52H58N2O14/c1-25-15-19-34(20-16-25)53-40-41-45(59)38-37(44(40)58)39-48(31(7)47(38)67-51(62)33-17-21-35(63-10)22-18-33)68-52(9,49(39)60)65-24-23-36(64-11)28(4)46(66-32(8)55)30(6)43(57)29(5)42(56)26(2)13-12-14-27(3)50(61)54-41/h12-24,26,28-30,36,42-43,46,53,56-57H,1-11H3,(H,54,61)/b13-12-,24-23-,27-14-/t26-,28+,29+,30-,36-,42-,43-,46+,52-/m0/s1. The third kappa shape index (κ3) is 10.0. The molecule has 9 atom stereocenters. The van der Waals surface area contributed by atoms with E-state index in [1.807, 2.05) is 6.92 Å². The Morgan fingerprint density at radius 2 is 1.47 bits per heavy atom. The number of hydrogen-bond donors (Lipinski definition) is 4. The number of rotatable bonds is 7. The maximum atomic E-state index is 15.2. The van der Waals surface area contributed by atoms with E-state index >= 15 is 9.59 Å². The number of carbonyl (C=O) groups is 6. The van der Waals surface area contributed by atoms with Crippen molar-refractivity contribution in [2.45, 2.75) is 92.5 Å². The minimum absolute atomic E-state index is 0.00975. The van der Waals surface area contributed by atoms with Crippen molar-refractivity contribution in [3.05, 3.63) is 129 Å². The molecule has 0 unspecified atom stereocenters. The molecule has 0 fully saturated rings. The summed E-state index contributed by atoms with van der Waals surface area (Å²) in [5.41, 5.74) is -0.790. The van der Waals surface area contributed by atoms with Gasteiger partial charge in [0.2, 0.25) is 11.6 Å². The average Bonchev–Trinajstić information content (AvgIpc) is 3.58. The number of carbonyl (C=O) groups excluding carboxylic acids is 6. The molecular weight excluding hydrogens is 877 g/mol.